The zero-order chi connectivity index (χ0) is 11.4. The second-order valence-electron chi connectivity index (χ2n) is 3.10. The van der Waals surface area contributed by atoms with E-state index in [2.05, 4.69) is 32.6 Å². The van der Waals surface area contributed by atoms with Crippen LogP contribution in [0.1, 0.15) is 5.56 Å². The molecule has 0 saturated heterocycles. The number of aromatic amines is 1. The molecule has 0 radical (unpaired) electrons. The lowest BCUT2D eigenvalue weighted by Gasteiger charge is -2.08. The van der Waals surface area contributed by atoms with E-state index in [9.17, 15) is 4.79 Å². The van der Waals surface area contributed by atoms with Crippen LogP contribution in [0.25, 0.3) is 0 Å². The van der Waals surface area contributed by atoms with E-state index in [1.807, 2.05) is 24.3 Å². The van der Waals surface area contributed by atoms with Crippen LogP contribution in [-0.2, 0) is 4.43 Å². The molecular formula is C11H9IN2O2. The number of nitrogens with one attached hydrogen (secondary N) is 1. The number of ether oxygens (including phenoxy) is 1. The van der Waals surface area contributed by atoms with Gasteiger partial charge in [0, 0.05) is 9.99 Å². The molecule has 1 aromatic heterocycles. The van der Waals surface area contributed by atoms with Crippen molar-refractivity contribution < 1.29 is 4.74 Å². The second kappa shape index (κ2) is 5.11. The SMILES string of the molecule is O=c1ncc(Oc2ccccc2CI)c[nH]1. The van der Waals surface area contributed by atoms with Crippen LogP contribution in [-0.4, -0.2) is 9.97 Å². The Morgan fingerprint density at radius 1 is 1.38 bits per heavy atom. The van der Waals surface area contributed by atoms with E-state index in [0.717, 1.165) is 15.7 Å². The Morgan fingerprint density at radius 3 is 2.88 bits per heavy atom. The standard InChI is InChI=1S/C11H9IN2O2/c12-5-8-3-1-2-4-10(8)16-9-6-13-11(15)14-7-9/h1-4,6-7H,5H2,(H,13,14,15). The first-order valence-corrected chi connectivity index (χ1v) is 6.18. The van der Waals surface area contributed by atoms with Gasteiger partial charge >= 0.3 is 5.69 Å². The predicted octanol–water partition coefficient (Wildman–Crippen LogP) is 2.50. The number of benzene rings is 1. The summed E-state index contributed by atoms with van der Waals surface area (Å²) in [5, 5.41) is 0. The van der Waals surface area contributed by atoms with E-state index in [1.54, 1.807) is 0 Å². The molecule has 0 bridgehead atoms. The van der Waals surface area contributed by atoms with Crippen molar-refractivity contribution in [3.63, 3.8) is 0 Å². The Morgan fingerprint density at radius 2 is 2.19 bits per heavy atom. The molecule has 2 rings (SSSR count). The van der Waals surface area contributed by atoms with Crippen LogP contribution in [0.2, 0.25) is 0 Å². The highest BCUT2D eigenvalue weighted by molar-refractivity contribution is 14.1. The number of hydrogen-bond donors (Lipinski definition) is 1. The minimum Gasteiger partial charge on any atom is -0.454 e. The van der Waals surface area contributed by atoms with Gasteiger partial charge in [0.25, 0.3) is 0 Å². The number of aromatic nitrogens is 2. The molecule has 1 aromatic carbocycles. The molecule has 1 heterocycles. The maximum atomic E-state index is 10.8. The molecule has 5 heteroatoms. The average Bonchev–Trinajstić information content (AvgIpc) is 2.33. The molecule has 16 heavy (non-hydrogen) atoms. The van der Waals surface area contributed by atoms with Gasteiger partial charge in [-0.05, 0) is 6.07 Å². The smallest absolute Gasteiger partial charge is 0.345 e. The van der Waals surface area contributed by atoms with Crippen molar-refractivity contribution in [2.75, 3.05) is 0 Å². The Hall–Kier alpha value is -1.37. The number of rotatable bonds is 3. The predicted molar refractivity (Wildman–Crippen MR) is 69.1 cm³/mol. The summed E-state index contributed by atoms with van der Waals surface area (Å²) >= 11 is 2.27. The molecule has 0 atom stereocenters. The molecule has 1 N–H and O–H groups in total. The first-order valence-electron chi connectivity index (χ1n) is 4.66. The Kier molecular flexibility index (Phi) is 3.55. The first-order chi connectivity index (χ1) is 7.79. The summed E-state index contributed by atoms with van der Waals surface area (Å²) in [5.41, 5.74) is 0.726. The van der Waals surface area contributed by atoms with Gasteiger partial charge in [-0.1, -0.05) is 40.8 Å². The van der Waals surface area contributed by atoms with E-state index in [4.69, 9.17) is 4.74 Å². The van der Waals surface area contributed by atoms with Gasteiger partial charge in [-0.15, -0.1) is 0 Å². The fourth-order valence-corrected chi connectivity index (χ4v) is 1.86. The number of alkyl halides is 1. The van der Waals surface area contributed by atoms with Gasteiger partial charge in [0.05, 0.1) is 12.4 Å². The van der Waals surface area contributed by atoms with Gasteiger partial charge in [-0.2, -0.15) is 4.98 Å². The molecule has 82 valence electrons. The van der Waals surface area contributed by atoms with Crippen LogP contribution >= 0.6 is 22.6 Å². The number of hydrogen-bond acceptors (Lipinski definition) is 3. The number of halogens is 1. The summed E-state index contributed by atoms with van der Waals surface area (Å²) in [6.45, 7) is 0. The fraction of sp³-hybridized carbons (Fsp3) is 0.0909. The highest BCUT2D eigenvalue weighted by Gasteiger charge is 2.02. The molecular weight excluding hydrogens is 319 g/mol. The highest BCUT2D eigenvalue weighted by atomic mass is 127. The van der Waals surface area contributed by atoms with Crippen molar-refractivity contribution in [3.8, 4) is 11.5 Å². The van der Waals surface area contributed by atoms with Crippen molar-refractivity contribution in [3.05, 3.63) is 52.7 Å². The third-order valence-corrected chi connectivity index (χ3v) is 2.81. The van der Waals surface area contributed by atoms with Gasteiger partial charge in [0.15, 0.2) is 5.75 Å². The van der Waals surface area contributed by atoms with Crippen molar-refractivity contribution in [2.24, 2.45) is 0 Å². The zero-order valence-corrected chi connectivity index (χ0v) is 10.5. The van der Waals surface area contributed by atoms with Crippen LogP contribution in [0.3, 0.4) is 0 Å². The summed E-state index contributed by atoms with van der Waals surface area (Å²) in [4.78, 5) is 16.8. The maximum absolute atomic E-state index is 10.8. The molecule has 0 fully saturated rings. The van der Waals surface area contributed by atoms with Crippen LogP contribution < -0.4 is 10.4 Å². The number of nitrogens with zero attached hydrogens (tertiary/aromatic N) is 1. The van der Waals surface area contributed by atoms with Crippen molar-refractivity contribution in [1.82, 2.24) is 9.97 Å². The highest BCUT2D eigenvalue weighted by Crippen LogP contribution is 2.25. The second-order valence-corrected chi connectivity index (χ2v) is 3.86. The van der Waals surface area contributed by atoms with E-state index in [0.29, 0.717) is 5.75 Å². The van der Waals surface area contributed by atoms with Gasteiger partial charge in [0.1, 0.15) is 5.75 Å². The Labute approximate surface area is 106 Å². The molecule has 0 aliphatic rings. The average molecular weight is 328 g/mol. The quantitative estimate of drug-likeness (QED) is 0.696. The van der Waals surface area contributed by atoms with Gasteiger partial charge in [-0.3, -0.25) is 0 Å². The molecule has 0 aliphatic heterocycles. The molecule has 0 aliphatic carbocycles. The molecule has 0 saturated carbocycles. The third-order valence-electron chi connectivity index (χ3n) is 1.99. The zero-order valence-electron chi connectivity index (χ0n) is 8.31. The van der Waals surface area contributed by atoms with Gasteiger partial charge in [0.2, 0.25) is 0 Å². The van der Waals surface area contributed by atoms with Gasteiger partial charge < -0.3 is 9.72 Å². The normalized spacial score (nSPS) is 10.1. The molecule has 0 spiro atoms. The van der Waals surface area contributed by atoms with Crippen molar-refractivity contribution in [1.29, 1.82) is 0 Å². The Bertz CT molecular complexity index is 519. The third kappa shape index (κ3) is 2.60. The minimum atomic E-state index is -0.380. The van der Waals surface area contributed by atoms with Crippen LogP contribution in [0.15, 0.2) is 41.5 Å². The molecule has 2 aromatic rings. The van der Waals surface area contributed by atoms with Crippen molar-refractivity contribution in [2.45, 2.75) is 4.43 Å². The lowest BCUT2D eigenvalue weighted by molar-refractivity contribution is 0.473. The Balaban J connectivity index is 2.26. The van der Waals surface area contributed by atoms with Crippen LogP contribution in [0.5, 0.6) is 11.5 Å². The molecule has 0 amide bonds. The van der Waals surface area contributed by atoms with E-state index < -0.39 is 0 Å². The van der Waals surface area contributed by atoms with Crippen LogP contribution in [0.4, 0.5) is 0 Å². The summed E-state index contributed by atoms with van der Waals surface area (Å²) in [6, 6.07) is 7.76. The lowest BCUT2D eigenvalue weighted by Crippen LogP contribution is -2.07. The van der Waals surface area contributed by atoms with E-state index in [1.165, 1.54) is 12.4 Å². The lowest BCUT2D eigenvalue weighted by atomic mass is 10.2. The van der Waals surface area contributed by atoms with E-state index >= 15 is 0 Å². The summed E-state index contributed by atoms with van der Waals surface area (Å²) in [5.74, 6) is 1.31. The number of para-hydroxylation sites is 1. The van der Waals surface area contributed by atoms with E-state index in [-0.39, 0.29) is 5.69 Å². The topological polar surface area (TPSA) is 55.0 Å². The van der Waals surface area contributed by atoms with Gasteiger partial charge in [-0.25, -0.2) is 4.79 Å². The summed E-state index contributed by atoms with van der Waals surface area (Å²) in [7, 11) is 0. The van der Waals surface area contributed by atoms with Crippen molar-refractivity contribution >= 4 is 22.6 Å². The fourth-order valence-electron chi connectivity index (χ4n) is 1.23. The monoisotopic (exact) mass is 328 g/mol. The molecule has 4 nitrogen and oxygen atoms in total. The molecule has 0 unspecified atom stereocenters. The minimum absolute atomic E-state index is 0.380. The largest absolute Gasteiger partial charge is 0.454 e. The van der Waals surface area contributed by atoms with Crippen LogP contribution in [0, 0.1) is 0 Å². The number of H-pyrrole nitrogens is 1. The maximum Gasteiger partial charge on any atom is 0.345 e. The summed E-state index contributed by atoms with van der Waals surface area (Å²) < 4.78 is 6.48. The summed E-state index contributed by atoms with van der Waals surface area (Å²) in [6.07, 6.45) is 2.90. The first kappa shape index (κ1) is 11.1.